The minimum absolute atomic E-state index is 0.0211. The van der Waals surface area contributed by atoms with Crippen molar-refractivity contribution >= 4 is 11.9 Å². The molecule has 0 aliphatic rings. The van der Waals surface area contributed by atoms with Gasteiger partial charge in [0, 0.05) is 12.8 Å². The molecule has 378 valence electrons. The molecule has 64 heavy (non-hydrogen) atoms. The Bertz CT molecular complexity index is 997. The summed E-state index contributed by atoms with van der Waals surface area (Å²) in [5, 5.41) is 23.1. The maximum Gasteiger partial charge on any atom is 0.305 e. The second-order valence-corrected chi connectivity index (χ2v) is 19.6. The minimum Gasteiger partial charge on any atom is -0.466 e. The normalized spacial score (nSPS) is 12.8. The first-order chi connectivity index (χ1) is 31.5. The average molecular weight is 903 g/mol. The molecule has 0 aliphatic heterocycles. The van der Waals surface area contributed by atoms with Gasteiger partial charge in [-0.05, 0) is 64.2 Å². The van der Waals surface area contributed by atoms with Crippen LogP contribution in [0.4, 0.5) is 0 Å². The van der Waals surface area contributed by atoms with Crippen molar-refractivity contribution in [2.24, 2.45) is 0 Å². The molecule has 2 unspecified atom stereocenters. The Morgan fingerprint density at radius 3 is 1.11 bits per heavy atom. The Morgan fingerprint density at radius 2 is 0.734 bits per heavy atom. The number of amides is 1. The van der Waals surface area contributed by atoms with Crippen molar-refractivity contribution in [3.8, 4) is 0 Å². The summed E-state index contributed by atoms with van der Waals surface area (Å²) in [4.78, 5) is 24.5. The molecule has 0 aromatic carbocycles. The average Bonchev–Trinajstić information content (AvgIpc) is 3.29. The van der Waals surface area contributed by atoms with E-state index in [0.29, 0.717) is 19.4 Å². The van der Waals surface area contributed by atoms with E-state index < -0.39 is 12.1 Å². The summed E-state index contributed by atoms with van der Waals surface area (Å²) in [6.07, 6.45) is 64.8. The van der Waals surface area contributed by atoms with Crippen LogP contribution in [0.25, 0.3) is 0 Å². The molecule has 0 saturated carbocycles. The molecule has 0 bridgehead atoms. The third-order valence-electron chi connectivity index (χ3n) is 13.2. The first-order valence-electron chi connectivity index (χ1n) is 28.6. The van der Waals surface area contributed by atoms with Crippen LogP contribution in [0.15, 0.2) is 24.3 Å². The van der Waals surface area contributed by atoms with Gasteiger partial charge in [0.25, 0.3) is 0 Å². The molecule has 3 N–H and O–H groups in total. The molecule has 6 nitrogen and oxygen atoms in total. The predicted octanol–water partition coefficient (Wildman–Crippen LogP) is 17.5. The SMILES string of the molecule is CCCCCCCCCCCCCCCCCCCC/C=C/C(O)C(CO)NC(=O)CCCCCCC/C=C\CCCCCOC(=O)CCCCCCCCCCCCCCCCC. The first kappa shape index (κ1) is 62.3. The van der Waals surface area contributed by atoms with Gasteiger partial charge in [-0.1, -0.05) is 256 Å². The zero-order chi connectivity index (χ0) is 46.5. The van der Waals surface area contributed by atoms with Crippen molar-refractivity contribution in [1.29, 1.82) is 0 Å². The van der Waals surface area contributed by atoms with Crippen LogP contribution in [-0.2, 0) is 14.3 Å². The van der Waals surface area contributed by atoms with Crippen molar-refractivity contribution in [3.63, 3.8) is 0 Å². The maximum atomic E-state index is 12.5. The fraction of sp³-hybridized carbons (Fsp3) is 0.897. The van der Waals surface area contributed by atoms with Gasteiger partial charge in [-0.3, -0.25) is 9.59 Å². The van der Waals surface area contributed by atoms with Gasteiger partial charge < -0.3 is 20.3 Å². The molecule has 0 heterocycles. The van der Waals surface area contributed by atoms with Crippen LogP contribution in [0.2, 0.25) is 0 Å². The number of rotatable bonds is 53. The number of hydrogen-bond donors (Lipinski definition) is 3. The van der Waals surface area contributed by atoms with Crippen molar-refractivity contribution < 1.29 is 24.5 Å². The zero-order valence-corrected chi connectivity index (χ0v) is 43.0. The number of esters is 1. The van der Waals surface area contributed by atoms with Crippen LogP contribution in [0.5, 0.6) is 0 Å². The van der Waals surface area contributed by atoms with Gasteiger partial charge in [-0.15, -0.1) is 0 Å². The second kappa shape index (κ2) is 54.0. The number of ether oxygens (including phenoxy) is 1. The summed E-state index contributed by atoms with van der Waals surface area (Å²) in [7, 11) is 0. The minimum atomic E-state index is -0.861. The summed E-state index contributed by atoms with van der Waals surface area (Å²) < 4.78 is 5.45. The molecule has 0 aliphatic carbocycles. The highest BCUT2D eigenvalue weighted by Crippen LogP contribution is 2.17. The first-order valence-corrected chi connectivity index (χ1v) is 28.6. The predicted molar refractivity (Wildman–Crippen MR) is 278 cm³/mol. The van der Waals surface area contributed by atoms with E-state index in [9.17, 15) is 19.8 Å². The molecule has 2 atom stereocenters. The number of aliphatic hydroxyl groups excluding tert-OH is 2. The Hall–Kier alpha value is -1.66. The monoisotopic (exact) mass is 902 g/mol. The standard InChI is InChI=1S/C58H111NO5/c1-3-5-7-9-11-13-15-17-19-20-21-22-23-25-26-30-34-38-42-46-50-56(61)55(54-60)59-57(62)51-47-43-39-35-31-28-29-33-37-41-45-49-53-64-58(63)52-48-44-40-36-32-27-24-18-16-14-12-10-8-6-4-2/h29,33,46,50,55-56,60-61H,3-28,30-32,34-45,47-49,51-54H2,1-2H3,(H,59,62)/b33-29-,50-46+. The number of aliphatic hydroxyl groups is 2. The van der Waals surface area contributed by atoms with Crippen molar-refractivity contribution in [2.75, 3.05) is 13.2 Å². The lowest BCUT2D eigenvalue weighted by molar-refractivity contribution is -0.143. The maximum absolute atomic E-state index is 12.5. The van der Waals surface area contributed by atoms with Crippen LogP contribution >= 0.6 is 0 Å². The van der Waals surface area contributed by atoms with Crippen LogP contribution < -0.4 is 5.32 Å². The molecule has 0 spiro atoms. The number of hydrogen-bond acceptors (Lipinski definition) is 5. The van der Waals surface area contributed by atoms with Crippen LogP contribution in [0.1, 0.15) is 309 Å². The van der Waals surface area contributed by atoms with Gasteiger partial charge in [0.15, 0.2) is 0 Å². The van der Waals surface area contributed by atoms with E-state index in [0.717, 1.165) is 77.0 Å². The number of carbonyl (C=O) groups is 2. The van der Waals surface area contributed by atoms with E-state index in [1.807, 2.05) is 6.08 Å². The van der Waals surface area contributed by atoms with E-state index >= 15 is 0 Å². The second-order valence-electron chi connectivity index (χ2n) is 19.6. The number of nitrogens with one attached hydrogen (secondary N) is 1. The van der Waals surface area contributed by atoms with Gasteiger partial charge >= 0.3 is 5.97 Å². The van der Waals surface area contributed by atoms with Crippen molar-refractivity contribution in [1.82, 2.24) is 5.32 Å². The summed E-state index contributed by atoms with van der Waals surface area (Å²) >= 11 is 0. The molecule has 1 amide bonds. The Morgan fingerprint density at radius 1 is 0.422 bits per heavy atom. The van der Waals surface area contributed by atoms with Crippen LogP contribution in [0, 0.1) is 0 Å². The smallest absolute Gasteiger partial charge is 0.305 e. The molecule has 6 heteroatoms. The fourth-order valence-electron chi connectivity index (χ4n) is 8.81. The number of allylic oxidation sites excluding steroid dienone is 3. The van der Waals surface area contributed by atoms with Crippen molar-refractivity contribution in [3.05, 3.63) is 24.3 Å². The highest BCUT2D eigenvalue weighted by atomic mass is 16.5. The summed E-state index contributed by atoms with van der Waals surface area (Å²) in [5.74, 6) is -0.112. The fourth-order valence-corrected chi connectivity index (χ4v) is 8.81. The highest BCUT2D eigenvalue weighted by Gasteiger charge is 2.18. The third-order valence-corrected chi connectivity index (χ3v) is 13.2. The zero-order valence-electron chi connectivity index (χ0n) is 43.0. The Labute approximate surface area is 399 Å². The largest absolute Gasteiger partial charge is 0.466 e. The summed E-state index contributed by atoms with van der Waals surface area (Å²) in [5.41, 5.74) is 0. The number of unbranched alkanes of at least 4 members (excludes halogenated alkanes) is 40. The summed E-state index contributed by atoms with van der Waals surface area (Å²) in [6, 6.07) is -0.646. The van der Waals surface area contributed by atoms with Gasteiger partial charge in [0.2, 0.25) is 5.91 Å². The molecule has 0 fully saturated rings. The lowest BCUT2D eigenvalue weighted by Crippen LogP contribution is -2.45. The lowest BCUT2D eigenvalue weighted by atomic mass is 10.0. The Balaban J connectivity index is 3.52. The molecule has 0 saturated heterocycles. The van der Waals surface area contributed by atoms with Gasteiger partial charge in [0.1, 0.15) is 0 Å². The quantitative estimate of drug-likeness (QED) is 0.0321. The molecule has 0 aromatic rings. The van der Waals surface area contributed by atoms with Crippen molar-refractivity contribution in [2.45, 2.75) is 321 Å². The van der Waals surface area contributed by atoms with Crippen LogP contribution in [-0.4, -0.2) is 47.4 Å². The topological polar surface area (TPSA) is 95.9 Å². The summed E-state index contributed by atoms with van der Waals surface area (Å²) in [6.45, 7) is 4.86. The third kappa shape index (κ3) is 49.8. The van der Waals surface area contributed by atoms with E-state index in [4.69, 9.17) is 4.74 Å². The number of carbonyl (C=O) groups excluding carboxylic acids is 2. The lowest BCUT2D eigenvalue weighted by Gasteiger charge is -2.20. The van der Waals surface area contributed by atoms with E-state index in [-0.39, 0.29) is 18.5 Å². The molecule has 0 rings (SSSR count). The molecular formula is C58H111NO5. The van der Waals surface area contributed by atoms with Gasteiger partial charge in [-0.25, -0.2) is 0 Å². The molecule has 0 aromatic heterocycles. The van der Waals surface area contributed by atoms with Crippen LogP contribution in [0.3, 0.4) is 0 Å². The molecular weight excluding hydrogens is 791 g/mol. The Kier molecular flexibility index (Phi) is 52.6. The van der Waals surface area contributed by atoms with Gasteiger partial charge in [0.05, 0.1) is 25.4 Å². The highest BCUT2D eigenvalue weighted by molar-refractivity contribution is 5.76. The molecule has 0 radical (unpaired) electrons. The van der Waals surface area contributed by atoms with E-state index in [1.54, 1.807) is 6.08 Å². The van der Waals surface area contributed by atoms with E-state index in [2.05, 4.69) is 31.3 Å². The van der Waals surface area contributed by atoms with Gasteiger partial charge in [-0.2, -0.15) is 0 Å². The van der Waals surface area contributed by atoms with E-state index in [1.165, 1.54) is 205 Å².